The first-order valence-corrected chi connectivity index (χ1v) is 12.2. The lowest BCUT2D eigenvalue weighted by Crippen LogP contribution is -2.26. The molecule has 4 aromatic rings. The van der Waals surface area contributed by atoms with Crippen molar-refractivity contribution in [3.63, 3.8) is 0 Å². The molecule has 4 rings (SSSR count). The van der Waals surface area contributed by atoms with Gasteiger partial charge in [0.15, 0.2) is 5.13 Å². The first-order valence-electron chi connectivity index (χ1n) is 9.23. The number of carbonyl (C=O) groups is 1. The summed E-state index contributed by atoms with van der Waals surface area (Å²) in [5.41, 5.74) is 2.71. The van der Waals surface area contributed by atoms with Crippen molar-refractivity contribution in [2.24, 2.45) is 0 Å². The number of halogens is 2. The molecule has 0 saturated carbocycles. The van der Waals surface area contributed by atoms with Crippen LogP contribution in [0, 0.1) is 0 Å². The predicted octanol–water partition coefficient (Wildman–Crippen LogP) is 5.45. The van der Waals surface area contributed by atoms with Gasteiger partial charge in [0.25, 0.3) is 10.0 Å². The third-order valence-corrected chi connectivity index (χ3v) is 8.10. The maximum Gasteiger partial charge on any atom is 0.264 e. The van der Waals surface area contributed by atoms with E-state index >= 15 is 0 Å². The number of carbonyl (C=O) groups excluding carboxylic acids is 1. The minimum atomic E-state index is -3.87. The number of pyridine rings is 1. The molecule has 0 radical (unpaired) electrons. The van der Waals surface area contributed by atoms with Crippen molar-refractivity contribution >= 4 is 71.5 Å². The summed E-state index contributed by atoms with van der Waals surface area (Å²) >= 11 is 13.3. The number of anilines is 2. The Morgan fingerprint density at radius 3 is 2.53 bits per heavy atom. The van der Waals surface area contributed by atoms with Crippen LogP contribution in [-0.2, 0) is 14.8 Å². The number of thiazole rings is 1. The summed E-state index contributed by atoms with van der Waals surface area (Å²) < 4.78 is 28.2. The Bertz CT molecular complexity index is 1450. The summed E-state index contributed by atoms with van der Waals surface area (Å²) in [6.45, 7) is 1.43. The molecule has 0 spiro atoms. The molecule has 0 aliphatic rings. The van der Waals surface area contributed by atoms with Crippen LogP contribution >= 0.6 is 34.5 Å². The Kier molecular flexibility index (Phi) is 6.09. The summed E-state index contributed by atoms with van der Waals surface area (Å²) in [7, 11) is -2.42. The average Bonchev–Trinajstić information content (AvgIpc) is 3.15. The van der Waals surface area contributed by atoms with Gasteiger partial charge >= 0.3 is 0 Å². The molecule has 0 bridgehead atoms. The number of hydrogen-bond donors (Lipinski definition) is 1. The van der Waals surface area contributed by atoms with Gasteiger partial charge in [-0.1, -0.05) is 40.6 Å². The Morgan fingerprint density at radius 1 is 1.03 bits per heavy atom. The van der Waals surface area contributed by atoms with E-state index in [0.29, 0.717) is 10.8 Å². The minimum Gasteiger partial charge on any atom is -0.302 e. The number of nitrogens with one attached hydrogen (secondary N) is 1. The van der Waals surface area contributed by atoms with Gasteiger partial charge in [-0.05, 0) is 42.0 Å². The van der Waals surface area contributed by atoms with Crippen LogP contribution in [0.1, 0.15) is 6.92 Å². The normalized spacial score (nSPS) is 11.5. The highest BCUT2D eigenvalue weighted by molar-refractivity contribution is 7.92. The summed E-state index contributed by atoms with van der Waals surface area (Å²) in [6.07, 6.45) is 3.12. The maximum atomic E-state index is 13.1. The first kappa shape index (κ1) is 22.5. The highest BCUT2D eigenvalue weighted by atomic mass is 35.5. The average molecular weight is 507 g/mol. The number of aromatic nitrogens is 2. The van der Waals surface area contributed by atoms with Crippen LogP contribution in [0.5, 0.6) is 0 Å². The molecular formula is C21H16Cl2N4O3S2. The zero-order valence-electron chi connectivity index (χ0n) is 16.8. The molecule has 32 heavy (non-hydrogen) atoms. The highest BCUT2D eigenvalue weighted by Gasteiger charge is 2.23. The van der Waals surface area contributed by atoms with Crippen molar-refractivity contribution < 1.29 is 13.2 Å². The first-order chi connectivity index (χ1) is 15.1. The van der Waals surface area contributed by atoms with Gasteiger partial charge in [0.05, 0.1) is 37.0 Å². The SMILES string of the molecule is CC(=O)Nc1nc2ccc(-c3cncc(N(C)S(=O)(=O)c4ccc(Cl)c(Cl)c4)c3)cc2s1. The molecule has 7 nitrogen and oxygen atoms in total. The molecule has 0 fully saturated rings. The van der Waals surface area contributed by atoms with Crippen LogP contribution in [0.2, 0.25) is 10.0 Å². The van der Waals surface area contributed by atoms with Crippen molar-refractivity contribution in [1.29, 1.82) is 0 Å². The van der Waals surface area contributed by atoms with E-state index in [2.05, 4.69) is 15.3 Å². The van der Waals surface area contributed by atoms with Gasteiger partial charge in [-0.25, -0.2) is 13.4 Å². The van der Waals surface area contributed by atoms with Crippen LogP contribution in [0.3, 0.4) is 0 Å². The van der Waals surface area contributed by atoms with Gasteiger partial charge in [0.1, 0.15) is 0 Å². The van der Waals surface area contributed by atoms with E-state index in [1.165, 1.54) is 49.7 Å². The summed E-state index contributed by atoms with van der Waals surface area (Å²) in [6, 6.07) is 11.5. The van der Waals surface area contributed by atoms with Gasteiger partial charge < -0.3 is 5.32 Å². The van der Waals surface area contributed by atoms with E-state index in [4.69, 9.17) is 23.2 Å². The Balaban J connectivity index is 1.68. The number of rotatable bonds is 5. The summed E-state index contributed by atoms with van der Waals surface area (Å²) in [5.74, 6) is -0.188. The Hall–Kier alpha value is -2.72. The molecular weight excluding hydrogens is 491 g/mol. The molecule has 2 heterocycles. The smallest absolute Gasteiger partial charge is 0.264 e. The van der Waals surface area contributed by atoms with Crippen molar-refractivity contribution in [3.8, 4) is 11.1 Å². The fourth-order valence-electron chi connectivity index (χ4n) is 3.00. The van der Waals surface area contributed by atoms with Gasteiger partial charge in [0.2, 0.25) is 5.91 Å². The van der Waals surface area contributed by atoms with Gasteiger partial charge in [-0.2, -0.15) is 0 Å². The largest absolute Gasteiger partial charge is 0.302 e. The number of sulfonamides is 1. The number of hydrogen-bond acceptors (Lipinski definition) is 6. The number of amides is 1. The second-order valence-electron chi connectivity index (χ2n) is 6.86. The van der Waals surface area contributed by atoms with E-state index in [0.717, 1.165) is 25.6 Å². The molecule has 0 aliphatic carbocycles. The molecule has 1 amide bonds. The molecule has 2 aromatic carbocycles. The van der Waals surface area contributed by atoms with Crippen LogP contribution in [-0.4, -0.2) is 31.3 Å². The third kappa shape index (κ3) is 4.42. The van der Waals surface area contributed by atoms with E-state index in [1.807, 2.05) is 18.2 Å². The molecule has 0 unspecified atom stereocenters. The third-order valence-electron chi connectivity index (χ3n) is 4.64. The molecule has 0 atom stereocenters. The van der Waals surface area contributed by atoms with Crippen molar-refractivity contribution in [1.82, 2.24) is 9.97 Å². The van der Waals surface area contributed by atoms with Crippen LogP contribution in [0.4, 0.5) is 10.8 Å². The quantitative estimate of drug-likeness (QED) is 0.388. The standard InChI is InChI=1S/C21H16Cl2N4O3S2/c1-12(28)25-21-26-19-6-3-13(8-20(19)31-21)14-7-15(11-24-10-14)27(2)32(29,30)16-4-5-17(22)18(23)9-16/h3-11H,1-2H3,(H,25,26,28). The Labute approximate surface area is 198 Å². The second kappa shape index (κ2) is 8.67. The highest BCUT2D eigenvalue weighted by Crippen LogP contribution is 2.33. The fraction of sp³-hybridized carbons (Fsp3) is 0.0952. The van der Waals surface area contributed by atoms with Crippen molar-refractivity contribution in [3.05, 3.63) is 64.9 Å². The van der Waals surface area contributed by atoms with Gasteiger partial charge in [-0.15, -0.1) is 0 Å². The van der Waals surface area contributed by atoms with E-state index in [9.17, 15) is 13.2 Å². The van der Waals surface area contributed by atoms with Gasteiger partial charge in [-0.3, -0.25) is 14.1 Å². The topological polar surface area (TPSA) is 92.3 Å². The summed E-state index contributed by atoms with van der Waals surface area (Å²) in [4.78, 5) is 19.9. The molecule has 0 aliphatic heterocycles. The molecule has 11 heteroatoms. The lowest BCUT2D eigenvalue weighted by Gasteiger charge is -2.20. The molecule has 2 aromatic heterocycles. The number of fused-ring (bicyclic) bond motifs is 1. The monoisotopic (exact) mass is 506 g/mol. The lowest BCUT2D eigenvalue weighted by atomic mass is 10.1. The van der Waals surface area contributed by atoms with E-state index < -0.39 is 10.0 Å². The van der Waals surface area contributed by atoms with E-state index in [1.54, 1.807) is 12.3 Å². The van der Waals surface area contributed by atoms with Crippen LogP contribution in [0.25, 0.3) is 21.3 Å². The second-order valence-corrected chi connectivity index (χ2v) is 10.7. The van der Waals surface area contributed by atoms with E-state index in [-0.39, 0.29) is 20.8 Å². The van der Waals surface area contributed by atoms with Crippen LogP contribution < -0.4 is 9.62 Å². The van der Waals surface area contributed by atoms with Crippen LogP contribution in [0.15, 0.2) is 59.8 Å². The van der Waals surface area contributed by atoms with Gasteiger partial charge in [0, 0.05) is 25.7 Å². The lowest BCUT2D eigenvalue weighted by molar-refractivity contribution is -0.114. The zero-order chi connectivity index (χ0) is 23.0. The fourth-order valence-corrected chi connectivity index (χ4v) is 5.51. The summed E-state index contributed by atoms with van der Waals surface area (Å²) in [5, 5.41) is 3.63. The number of nitrogens with zero attached hydrogens (tertiary/aromatic N) is 3. The maximum absolute atomic E-state index is 13.1. The molecule has 0 saturated heterocycles. The van der Waals surface area contributed by atoms with Crippen molar-refractivity contribution in [2.75, 3.05) is 16.7 Å². The van der Waals surface area contributed by atoms with Crippen molar-refractivity contribution in [2.45, 2.75) is 11.8 Å². The zero-order valence-corrected chi connectivity index (χ0v) is 20.0. The minimum absolute atomic E-state index is 0.0244. The Morgan fingerprint density at radius 2 is 1.81 bits per heavy atom. The predicted molar refractivity (Wildman–Crippen MR) is 129 cm³/mol. The molecule has 164 valence electrons. The molecule has 1 N–H and O–H groups in total. The number of benzene rings is 2.